The number of rotatable bonds is 3. The smallest absolute Gasteiger partial charge is 0.335 e. The number of carboxylic acids is 1. The quantitative estimate of drug-likeness (QED) is 0.781. The van der Waals surface area contributed by atoms with Gasteiger partial charge in [-0.25, -0.2) is 4.79 Å². The predicted octanol–water partition coefficient (Wildman–Crippen LogP) is 4.47. The molecule has 0 fully saturated rings. The molecule has 108 valence electrons. The van der Waals surface area contributed by atoms with E-state index in [4.69, 9.17) is 5.11 Å². The van der Waals surface area contributed by atoms with Crippen molar-refractivity contribution >= 4 is 49.4 Å². The number of hydrogen-bond acceptors (Lipinski definition) is 2. The van der Waals surface area contributed by atoms with Gasteiger partial charge >= 0.3 is 5.97 Å². The van der Waals surface area contributed by atoms with Crippen LogP contribution in [0, 0.1) is 6.92 Å². The standard InChI is InChI=1S/C15H11Br2NO3/c1-8-3-2-4-12(13(8)17)14(19)18-11-6-9(15(20)21)5-10(16)7-11/h2-7H,1H3,(H,18,19)(H,20,21). The van der Waals surface area contributed by atoms with Gasteiger partial charge in [-0.3, -0.25) is 4.79 Å². The number of anilines is 1. The zero-order valence-corrected chi connectivity index (χ0v) is 14.2. The summed E-state index contributed by atoms with van der Waals surface area (Å²) in [7, 11) is 0. The van der Waals surface area contributed by atoms with Gasteiger partial charge in [0.1, 0.15) is 0 Å². The van der Waals surface area contributed by atoms with E-state index in [-0.39, 0.29) is 11.5 Å². The summed E-state index contributed by atoms with van der Waals surface area (Å²) in [5.74, 6) is -1.36. The average molecular weight is 413 g/mol. The van der Waals surface area contributed by atoms with Crippen LogP contribution in [0.1, 0.15) is 26.3 Å². The SMILES string of the molecule is Cc1cccc(C(=O)Nc2cc(Br)cc(C(=O)O)c2)c1Br. The van der Waals surface area contributed by atoms with Crippen LogP contribution in [-0.2, 0) is 0 Å². The fourth-order valence-electron chi connectivity index (χ4n) is 1.81. The number of amides is 1. The van der Waals surface area contributed by atoms with Gasteiger partial charge in [0, 0.05) is 14.6 Å². The second-order valence-corrected chi connectivity index (χ2v) is 6.13. The molecule has 0 aliphatic heterocycles. The molecule has 1 amide bonds. The predicted molar refractivity (Wildman–Crippen MR) is 87.9 cm³/mol. The Kier molecular flexibility index (Phi) is 4.80. The first-order chi connectivity index (χ1) is 9.88. The van der Waals surface area contributed by atoms with Gasteiger partial charge in [0.2, 0.25) is 0 Å². The number of nitrogens with one attached hydrogen (secondary N) is 1. The van der Waals surface area contributed by atoms with Crippen LogP contribution in [0.25, 0.3) is 0 Å². The maximum atomic E-state index is 12.3. The van der Waals surface area contributed by atoms with Crippen molar-refractivity contribution in [1.82, 2.24) is 0 Å². The molecule has 0 bridgehead atoms. The fraction of sp³-hybridized carbons (Fsp3) is 0.0667. The molecule has 2 aromatic carbocycles. The van der Waals surface area contributed by atoms with Gasteiger partial charge in [0.15, 0.2) is 0 Å². The number of carbonyl (C=O) groups excluding carboxylic acids is 1. The molecular weight excluding hydrogens is 402 g/mol. The van der Waals surface area contributed by atoms with Crippen molar-refractivity contribution in [2.24, 2.45) is 0 Å². The zero-order valence-electron chi connectivity index (χ0n) is 11.0. The minimum absolute atomic E-state index is 0.1000. The Morgan fingerprint density at radius 2 is 1.86 bits per heavy atom. The van der Waals surface area contributed by atoms with Gasteiger partial charge in [-0.1, -0.05) is 28.1 Å². The highest BCUT2D eigenvalue weighted by Crippen LogP contribution is 2.24. The molecule has 21 heavy (non-hydrogen) atoms. The molecule has 0 radical (unpaired) electrons. The molecule has 2 N–H and O–H groups in total. The van der Waals surface area contributed by atoms with Crippen molar-refractivity contribution in [2.45, 2.75) is 6.92 Å². The third-order valence-corrected chi connectivity index (χ3v) is 4.35. The topological polar surface area (TPSA) is 66.4 Å². The van der Waals surface area contributed by atoms with E-state index in [0.29, 0.717) is 15.7 Å². The third-order valence-electron chi connectivity index (χ3n) is 2.84. The lowest BCUT2D eigenvalue weighted by Gasteiger charge is -2.09. The van der Waals surface area contributed by atoms with Crippen molar-refractivity contribution in [3.05, 3.63) is 62.0 Å². The number of hydrogen-bond donors (Lipinski definition) is 2. The highest BCUT2D eigenvalue weighted by molar-refractivity contribution is 9.10. The molecule has 6 heteroatoms. The largest absolute Gasteiger partial charge is 0.478 e. The van der Waals surface area contributed by atoms with Crippen LogP contribution in [0.5, 0.6) is 0 Å². The van der Waals surface area contributed by atoms with E-state index >= 15 is 0 Å². The monoisotopic (exact) mass is 411 g/mol. The first-order valence-electron chi connectivity index (χ1n) is 5.99. The summed E-state index contributed by atoms with van der Waals surface area (Å²) >= 11 is 6.61. The van der Waals surface area contributed by atoms with Crippen molar-refractivity contribution < 1.29 is 14.7 Å². The molecule has 0 spiro atoms. The summed E-state index contributed by atoms with van der Waals surface area (Å²) < 4.78 is 1.30. The summed E-state index contributed by atoms with van der Waals surface area (Å²) in [5, 5.41) is 11.7. The lowest BCUT2D eigenvalue weighted by molar-refractivity contribution is 0.0696. The van der Waals surface area contributed by atoms with E-state index in [1.807, 2.05) is 13.0 Å². The van der Waals surface area contributed by atoms with Crippen molar-refractivity contribution in [3.8, 4) is 0 Å². The number of carboxylic acid groups (broad SMARTS) is 1. The Labute approximate surface area is 138 Å². The van der Waals surface area contributed by atoms with E-state index in [2.05, 4.69) is 37.2 Å². The van der Waals surface area contributed by atoms with Crippen LogP contribution in [0.15, 0.2) is 45.3 Å². The number of carbonyl (C=O) groups is 2. The molecule has 0 unspecified atom stereocenters. The molecule has 0 atom stereocenters. The summed E-state index contributed by atoms with van der Waals surface area (Å²) in [6.07, 6.45) is 0. The molecule has 0 saturated carbocycles. The highest BCUT2D eigenvalue weighted by atomic mass is 79.9. The van der Waals surface area contributed by atoms with Crippen LogP contribution in [0.3, 0.4) is 0 Å². The molecule has 2 rings (SSSR count). The molecule has 0 heterocycles. The lowest BCUT2D eigenvalue weighted by Crippen LogP contribution is -2.13. The third kappa shape index (κ3) is 3.71. The minimum Gasteiger partial charge on any atom is -0.478 e. The van der Waals surface area contributed by atoms with Crippen molar-refractivity contribution in [3.63, 3.8) is 0 Å². The van der Waals surface area contributed by atoms with Crippen LogP contribution in [-0.4, -0.2) is 17.0 Å². The maximum absolute atomic E-state index is 12.3. The average Bonchev–Trinajstić information content (AvgIpc) is 2.41. The van der Waals surface area contributed by atoms with Crippen LogP contribution < -0.4 is 5.32 Å². The van der Waals surface area contributed by atoms with Crippen LogP contribution in [0.4, 0.5) is 5.69 Å². The summed E-state index contributed by atoms with van der Waals surface area (Å²) in [6.45, 7) is 1.89. The van der Waals surface area contributed by atoms with Gasteiger partial charge < -0.3 is 10.4 Å². The fourth-order valence-corrected chi connectivity index (χ4v) is 2.74. The lowest BCUT2D eigenvalue weighted by atomic mass is 10.1. The first-order valence-corrected chi connectivity index (χ1v) is 7.57. The van der Waals surface area contributed by atoms with E-state index < -0.39 is 5.97 Å². The maximum Gasteiger partial charge on any atom is 0.335 e. The van der Waals surface area contributed by atoms with E-state index in [0.717, 1.165) is 10.0 Å². The van der Waals surface area contributed by atoms with Gasteiger partial charge in [-0.05, 0) is 52.7 Å². The van der Waals surface area contributed by atoms with Gasteiger partial charge in [0.25, 0.3) is 5.91 Å². The first kappa shape index (κ1) is 15.7. The molecular formula is C15H11Br2NO3. The van der Waals surface area contributed by atoms with Crippen LogP contribution >= 0.6 is 31.9 Å². The molecule has 2 aromatic rings. The second-order valence-electron chi connectivity index (χ2n) is 4.42. The Hall–Kier alpha value is -1.66. The van der Waals surface area contributed by atoms with Crippen molar-refractivity contribution in [1.29, 1.82) is 0 Å². The number of aromatic carboxylic acids is 1. The molecule has 0 aliphatic rings. The number of halogens is 2. The molecule has 4 nitrogen and oxygen atoms in total. The van der Waals surface area contributed by atoms with E-state index in [1.54, 1.807) is 18.2 Å². The molecule has 0 aromatic heterocycles. The number of benzene rings is 2. The molecule has 0 aliphatic carbocycles. The summed E-state index contributed by atoms with van der Waals surface area (Å²) in [6, 6.07) is 9.91. The van der Waals surface area contributed by atoms with Crippen molar-refractivity contribution in [2.75, 3.05) is 5.32 Å². The van der Waals surface area contributed by atoms with E-state index in [9.17, 15) is 9.59 Å². The van der Waals surface area contributed by atoms with Gasteiger partial charge in [0.05, 0.1) is 11.1 Å². The Balaban J connectivity index is 2.31. The number of aryl methyl sites for hydroxylation is 1. The van der Waals surface area contributed by atoms with Gasteiger partial charge in [-0.15, -0.1) is 0 Å². The zero-order chi connectivity index (χ0) is 15.6. The summed E-state index contributed by atoms with van der Waals surface area (Å²) in [5.41, 5.74) is 1.96. The normalized spacial score (nSPS) is 10.2. The summed E-state index contributed by atoms with van der Waals surface area (Å²) in [4.78, 5) is 23.3. The highest BCUT2D eigenvalue weighted by Gasteiger charge is 2.13. The van der Waals surface area contributed by atoms with Crippen LogP contribution in [0.2, 0.25) is 0 Å². The Morgan fingerprint density at radius 3 is 2.52 bits per heavy atom. The Morgan fingerprint density at radius 1 is 1.14 bits per heavy atom. The second kappa shape index (κ2) is 6.41. The Bertz CT molecular complexity index is 729. The minimum atomic E-state index is -1.05. The van der Waals surface area contributed by atoms with Gasteiger partial charge in [-0.2, -0.15) is 0 Å². The van der Waals surface area contributed by atoms with E-state index in [1.165, 1.54) is 12.1 Å². The molecule has 0 saturated heterocycles.